The third-order valence-corrected chi connectivity index (χ3v) is 10.9. The Morgan fingerprint density at radius 2 is 1.87 bits per heavy atom. The molecule has 1 aliphatic carbocycles. The Bertz CT molecular complexity index is 1760. The fraction of sp³-hybridized carbons (Fsp3) is 0.476. The van der Waals surface area contributed by atoms with Crippen LogP contribution in [0.25, 0.3) is 5.57 Å². The van der Waals surface area contributed by atoms with Crippen molar-refractivity contribution in [1.82, 2.24) is 15.2 Å². The van der Waals surface area contributed by atoms with Crippen LogP contribution in [0.15, 0.2) is 79.2 Å². The van der Waals surface area contributed by atoms with Crippen molar-refractivity contribution in [3.63, 3.8) is 0 Å². The predicted molar refractivity (Wildman–Crippen MR) is 207 cm³/mol. The summed E-state index contributed by atoms with van der Waals surface area (Å²) in [6.07, 6.45) is 12.4. The number of piperidine rings is 1. The third kappa shape index (κ3) is 10.0. The number of allylic oxidation sites excluding steroid dienone is 2. The van der Waals surface area contributed by atoms with Crippen molar-refractivity contribution in [3.05, 3.63) is 106 Å². The minimum atomic E-state index is -0.925. The highest BCUT2D eigenvalue weighted by molar-refractivity contribution is 6.32. The average Bonchev–Trinajstić information content (AvgIpc) is 3.18. The Balaban J connectivity index is 1.40. The molecular weight excluding hydrogens is 692 g/mol. The molecule has 0 amide bonds. The van der Waals surface area contributed by atoms with Crippen LogP contribution in [0.2, 0.25) is 5.02 Å². The summed E-state index contributed by atoms with van der Waals surface area (Å²) in [6, 6.07) is 17.7. The lowest BCUT2D eigenvalue weighted by molar-refractivity contribution is -0.0931. The summed E-state index contributed by atoms with van der Waals surface area (Å²) in [5.41, 5.74) is 1.78. The number of nitriles is 1. The molecule has 3 aromatic rings. The van der Waals surface area contributed by atoms with Crippen molar-refractivity contribution >= 4 is 17.2 Å². The summed E-state index contributed by atoms with van der Waals surface area (Å²) in [7, 11) is 0. The summed E-state index contributed by atoms with van der Waals surface area (Å²) in [5, 5.41) is 42.4. The lowest BCUT2D eigenvalue weighted by atomic mass is 9.65. The van der Waals surface area contributed by atoms with Gasteiger partial charge in [-0.05, 0) is 68.0 Å². The Kier molecular flexibility index (Phi) is 14.1. The third-order valence-electron chi connectivity index (χ3n) is 10.6. The maximum absolute atomic E-state index is 9.88. The van der Waals surface area contributed by atoms with E-state index >= 15 is 0 Å². The molecule has 2 aliphatic rings. The fourth-order valence-corrected chi connectivity index (χ4v) is 7.21. The summed E-state index contributed by atoms with van der Waals surface area (Å²) in [6.45, 7) is 9.66. The number of pyridine rings is 1. The molecule has 284 valence electrons. The van der Waals surface area contributed by atoms with Gasteiger partial charge in [-0.2, -0.15) is 5.26 Å². The van der Waals surface area contributed by atoms with Crippen LogP contribution >= 0.6 is 11.6 Å². The van der Waals surface area contributed by atoms with Gasteiger partial charge < -0.3 is 39.7 Å². The van der Waals surface area contributed by atoms with Gasteiger partial charge in [0.1, 0.15) is 36.4 Å². The van der Waals surface area contributed by atoms with E-state index < -0.39 is 16.6 Å². The number of ether oxygens (including phenoxy) is 3. The zero-order valence-electron chi connectivity index (χ0n) is 31.1. The van der Waals surface area contributed by atoms with Crippen molar-refractivity contribution in [2.75, 3.05) is 52.7 Å². The number of benzene rings is 2. The highest BCUT2D eigenvalue weighted by Gasteiger charge is 2.49. The topological polar surface area (TPSA) is 140 Å². The van der Waals surface area contributed by atoms with Crippen LogP contribution in [0.3, 0.4) is 0 Å². The Hall–Kier alpha value is -3.79. The minimum absolute atomic E-state index is 0.137. The van der Waals surface area contributed by atoms with Crippen molar-refractivity contribution < 1.29 is 29.5 Å². The summed E-state index contributed by atoms with van der Waals surface area (Å²) < 4.78 is 19.9. The smallest absolute Gasteiger partial charge is 0.141 e. The van der Waals surface area contributed by atoms with Crippen LogP contribution in [0.4, 0.5) is 0 Å². The molecule has 0 radical (unpaired) electrons. The molecule has 0 spiro atoms. The van der Waals surface area contributed by atoms with Crippen molar-refractivity contribution in [2.45, 2.75) is 64.3 Å². The first kappa shape index (κ1) is 40.4. The first-order chi connectivity index (χ1) is 25.5. The number of likely N-dealkylation sites (tertiary alicyclic amines) is 1. The van der Waals surface area contributed by atoms with E-state index in [0.29, 0.717) is 45.7 Å². The standard InChI is InChI=1S/C42H53ClN4O6/c1-40(2)36(34-11-5-4-6-12-34)13-7-14-42(40,53-17-9-16-47-15-8-10-31(25-47)26-48)30-52-39-20-38(51-27-33-18-32(21-44)22-45-23-33)35(19-37(39)43)24-46-41(3,28-49)29-50/h4-7,11-14,18-20,22-23,31,46,48-50H,8-10,15-17,24-30H2,1-3H3/t31?,42-/m0/s1. The summed E-state index contributed by atoms with van der Waals surface area (Å²) >= 11 is 6.92. The number of aromatic nitrogens is 1. The van der Waals surface area contributed by atoms with E-state index in [0.717, 1.165) is 50.0 Å². The van der Waals surface area contributed by atoms with Gasteiger partial charge >= 0.3 is 0 Å². The van der Waals surface area contributed by atoms with Crippen molar-refractivity contribution in [3.8, 4) is 17.6 Å². The molecule has 0 bridgehead atoms. The van der Waals surface area contributed by atoms with Gasteiger partial charge in [-0.15, -0.1) is 0 Å². The maximum Gasteiger partial charge on any atom is 0.141 e. The number of rotatable bonds is 18. The molecule has 53 heavy (non-hydrogen) atoms. The molecule has 1 aliphatic heterocycles. The van der Waals surface area contributed by atoms with Gasteiger partial charge in [0.25, 0.3) is 0 Å². The van der Waals surface area contributed by atoms with Crippen LogP contribution in [0, 0.1) is 22.7 Å². The Morgan fingerprint density at radius 1 is 1.08 bits per heavy atom. The predicted octanol–water partition coefficient (Wildman–Crippen LogP) is 5.93. The molecule has 2 atom stereocenters. The first-order valence-corrected chi connectivity index (χ1v) is 18.7. The second kappa shape index (κ2) is 18.5. The number of aliphatic hydroxyl groups is 3. The van der Waals surface area contributed by atoms with Crippen molar-refractivity contribution in [2.24, 2.45) is 11.3 Å². The van der Waals surface area contributed by atoms with Crippen LogP contribution in [0.5, 0.6) is 11.5 Å². The van der Waals surface area contributed by atoms with Gasteiger partial charge in [0.2, 0.25) is 0 Å². The van der Waals surface area contributed by atoms with E-state index in [1.807, 2.05) is 24.3 Å². The second-order valence-electron chi connectivity index (χ2n) is 14.9. The van der Waals surface area contributed by atoms with Crippen molar-refractivity contribution in [1.29, 1.82) is 5.26 Å². The lowest BCUT2D eigenvalue weighted by Crippen LogP contribution is -2.52. The fourth-order valence-electron chi connectivity index (χ4n) is 6.97. The normalized spacial score (nSPS) is 20.1. The van der Waals surface area contributed by atoms with Crippen LogP contribution in [0.1, 0.15) is 62.3 Å². The molecule has 10 nitrogen and oxygen atoms in total. The lowest BCUT2D eigenvalue weighted by Gasteiger charge is -2.47. The Labute approximate surface area is 318 Å². The summed E-state index contributed by atoms with van der Waals surface area (Å²) in [5.74, 6) is 1.23. The highest BCUT2D eigenvalue weighted by atomic mass is 35.5. The molecule has 1 aromatic heterocycles. The molecule has 11 heteroatoms. The van der Waals surface area contributed by atoms with Crippen LogP contribution in [-0.2, 0) is 17.9 Å². The van der Waals surface area contributed by atoms with E-state index in [1.165, 1.54) is 6.20 Å². The number of aliphatic hydroxyl groups excluding tert-OH is 3. The van der Waals surface area contributed by atoms with Gasteiger partial charge in [-0.1, -0.05) is 67.9 Å². The van der Waals surface area contributed by atoms with Gasteiger partial charge in [-0.3, -0.25) is 4.98 Å². The van der Waals surface area contributed by atoms with Gasteiger partial charge in [-0.25, -0.2) is 0 Å². The van der Waals surface area contributed by atoms with E-state index in [4.69, 9.17) is 25.8 Å². The van der Waals surface area contributed by atoms with Crippen LogP contribution < -0.4 is 14.8 Å². The monoisotopic (exact) mass is 744 g/mol. The highest BCUT2D eigenvalue weighted by Crippen LogP contribution is 2.49. The zero-order valence-corrected chi connectivity index (χ0v) is 31.8. The zero-order chi connectivity index (χ0) is 37.9. The SMILES string of the molecule is CC(CO)(CO)NCc1cc(Cl)c(OC[C@@]2(OCCCN3CCCC(CO)C3)C=CC=C(c3ccccc3)C2(C)C)cc1OCc1cncc(C#N)c1. The number of nitrogens with zero attached hydrogens (tertiary/aromatic N) is 3. The first-order valence-electron chi connectivity index (χ1n) is 18.4. The average molecular weight is 745 g/mol. The molecular formula is C42H53ClN4O6. The maximum atomic E-state index is 9.88. The van der Waals surface area contributed by atoms with E-state index in [2.05, 4.69) is 59.4 Å². The van der Waals surface area contributed by atoms with E-state index in [1.54, 1.807) is 31.3 Å². The molecule has 2 heterocycles. The second-order valence-corrected chi connectivity index (χ2v) is 15.3. The number of nitrogens with one attached hydrogen (secondary N) is 1. The Morgan fingerprint density at radius 3 is 2.60 bits per heavy atom. The molecule has 4 N–H and O–H groups in total. The molecule has 1 unspecified atom stereocenters. The molecule has 2 aromatic carbocycles. The summed E-state index contributed by atoms with van der Waals surface area (Å²) in [4.78, 5) is 6.57. The molecule has 1 fully saturated rings. The van der Waals surface area contributed by atoms with Crippen LogP contribution in [-0.4, -0.2) is 89.0 Å². The quantitative estimate of drug-likeness (QED) is 0.116. The van der Waals surface area contributed by atoms with Gasteiger partial charge in [0.15, 0.2) is 0 Å². The largest absolute Gasteiger partial charge is 0.488 e. The molecule has 5 rings (SSSR count). The molecule has 0 saturated carbocycles. The van der Waals surface area contributed by atoms with E-state index in [9.17, 15) is 20.6 Å². The number of hydrogen-bond acceptors (Lipinski definition) is 10. The number of hydrogen-bond donors (Lipinski definition) is 4. The van der Waals surface area contributed by atoms with E-state index in [-0.39, 0.29) is 39.6 Å². The minimum Gasteiger partial charge on any atom is -0.488 e. The van der Waals surface area contributed by atoms with Gasteiger partial charge in [0, 0.05) is 67.8 Å². The molecule has 1 saturated heterocycles. The number of halogens is 1. The van der Waals surface area contributed by atoms with Gasteiger partial charge in [0.05, 0.1) is 29.3 Å².